The van der Waals surface area contributed by atoms with Crippen LogP contribution in [0, 0.1) is 5.92 Å². The van der Waals surface area contributed by atoms with Crippen LogP contribution < -0.4 is 0 Å². The van der Waals surface area contributed by atoms with Gasteiger partial charge in [-0.05, 0) is 81.9 Å². The normalized spacial score (nSPS) is 12.3. The first-order valence-corrected chi connectivity index (χ1v) is 12.1. The zero-order valence-electron chi connectivity index (χ0n) is 20.0. The van der Waals surface area contributed by atoms with Crippen molar-refractivity contribution in [1.29, 1.82) is 0 Å². The third-order valence-corrected chi connectivity index (χ3v) is 6.60. The van der Waals surface area contributed by atoms with Gasteiger partial charge >= 0.3 is 0 Å². The molecule has 0 fully saturated rings. The molecule has 0 N–H and O–H groups in total. The van der Waals surface area contributed by atoms with Gasteiger partial charge in [0.25, 0.3) is 0 Å². The molecule has 0 spiro atoms. The summed E-state index contributed by atoms with van der Waals surface area (Å²) in [5, 5.41) is 0. The standard InChI is InChI=1S/C32H33N/c1-23(2)16-29-18-25(19-30-20-28-13-7-8-15-31(28)32(29)30)22-33(3)21-24-10-9-14-27(17-24)26-11-5-4-6-12-26/h4-15,17-19,23H,16,20-22H2,1-3H3. The largest absolute Gasteiger partial charge is 0.298 e. The van der Waals surface area contributed by atoms with Gasteiger partial charge in [-0.2, -0.15) is 0 Å². The second-order valence-electron chi connectivity index (χ2n) is 9.96. The minimum Gasteiger partial charge on any atom is -0.298 e. The highest BCUT2D eigenvalue weighted by Crippen LogP contribution is 2.40. The summed E-state index contributed by atoms with van der Waals surface area (Å²) in [6.45, 7) is 6.55. The van der Waals surface area contributed by atoms with Crippen LogP contribution in [0.2, 0.25) is 0 Å². The third-order valence-electron chi connectivity index (χ3n) is 6.60. The number of nitrogens with zero attached hydrogens (tertiary/aromatic N) is 1. The molecule has 0 aliphatic heterocycles. The second kappa shape index (κ2) is 9.37. The minimum absolute atomic E-state index is 0.649. The van der Waals surface area contributed by atoms with Crippen LogP contribution in [0.5, 0.6) is 0 Å². The molecule has 0 radical (unpaired) electrons. The Hall–Kier alpha value is -3.16. The molecule has 1 heteroatoms. The van der Waals surface area contributed by atoms with Gasteiger partial charge in [-0.15, -0.1) is 0 Å². The van der Waals surface area contributed by atoms with E-state index in [2.05, 4.69) is 117 Å². The lowest BCUT2D eigenvalue weighted by molar-refractivity contribution is 0.319. The lowest BCUT2D eigenvalue weighted by Crippen LogP contribution is -2.17. The van der Waals surface area contributed by atoms with Gasteiger partial charge in [-0.1, -0.05) is 98.8 Å². The van der Waals surface area contributed by atoms with Crippen LogP contribution in [-0.4, -0.2) is 11.9 Å². The van der Waals surface area contributed by atoms with Crippen LogP contribution in [-0.2, 0) is 25.9 Å². The maximum atomic E-state index is 2.47. The van der Waals surface area contributed by atoms with Crippen molar-refractivity contribution in [3.8, 4) is 22.3 Å². The highest BCUT2D eigenvalue weighted by Gasteiger charge is 2.22. The van der Waals surface area contributed by atoms with Crippen LogP contribution in [0.4, 0.5) is 0 Å². The van der Waals surface area contributed by atoms with Crippen molar-refractivity contribution >= 4 is 0 Å². The van der Waals surface area contributed by atoms with E-state index in [1.54, 1.807) is 0 Å². The highest BCUT2D eigenvalue weighted by molar-refractivity contribution is 5.80. The Kier molecular flexibility index (Phi) is 6.15. The Morgan fingerprint density at radius 2 is 1.42 bits per heavy atom. The van der Waals surface area contributed by atoms with E-state index in [-0.39, 0.29) is 0 Å². The summed E-state index contributed by atoms with van der Waals surface area (Å²) in [4.78, 5) is 2.44. The van der Waals surface area contributed by atoms with Gasteiger partial charge in [-0.25, -0.2) is 0 Å². The molecule has 5 rings (SSSR count). The molecule has 33 heavy (non-hydrogen) atoms. The summed E-state index contributed by atoms with van der Waals surface area (Å²) < 4.78 is 0. The van der Waals surface area contributed by atoms with Gasteiger partial charge in [0.1, 0.15) is 0 Å². The first-order valence-electron chi connectivity index (χ1n) is 12.1. The number of fused-ring (bicyclic) bond motifs is 3. The Bertz CT molecular complexity index is 1250. The van der Waals surface area contributed by atoms with E-state index in [0.29, 0.717) is 5.92 Å². The lowest BCUT2D eigenvalue weighted by Gasteiger charge is -2.20. The van der Waals surface area contributed by atoms with Gasteiger partial charge in [0.05, 0.1) is 0 Å². The molecule has 0 aromatic heterocycles. The van der Waals surface area contributed by atoms with Crippen LogP contribution in [0.15, 0.2) is 91.0 Å². The second-order valence-corrected chi connectivity index (χ2v) is 9.96. The third kappa shape index (κ3) is 4.79. The van der Waals surface area contributed by atoms with Crippen molar-refractivity contribution in [2.24, 2.45) is 5.92 Å². The molecule has 1 aliphatic carbocycles. The molecule has 0 bridgehead atoms. The average Bonchev–Trinajstić information content (AvgIpc) is 3.18. The predicted octanol–water partition coefficient (Wildman–Crippen LogP) is 7.76. The molecule has 0 amide bonds. The van der Waals surface area contributed by atoms with E-state index >= 15 is 0 Å². The van der Waals surface area contributed by atoms with Crippen molar-refractivity contribution in [3.05, 3.63) is 119 Å². The summed E-state index contributed by atoms with van der Waals surface area (Å²) in [6, 6.07) is 33.5. The molecule has 4 aromatic carbocycles. The Morgan fingerprint density at radius 3 is 2.24 bits per heavy atom. The fourth-order valence-corrected chi connectivity index (χ4v) is 5.30. The van der Waals surface area contributed by atoms with Gasteiger partial charge in [0.15, 0.2) is 0 Å². The summed E-state index contributed by atoms with van der Waals surface area (Å²) in [5.74, 6) is 0.649. The SMILES string of the molecule is CC(C)Cc1cc(CN(C)Cc2cccc(-c3ccccc3)c2)cc2c1-c1ccccc1C2. The topological polar surface area (TPSA) is 3.24 Å². The lowest BCUT2D eigenvalue weighted by atomic mass is 9.91. The Labute approximate surface area is 198 Å². The molecule has 4 aromatic rings. The van der Waals surface area contributed by atoms with Gasteiger partial charge in [0.2, 0.25) is 0 Å². The minimum atomic E-state index is 0.649. The number of hydrogen-bond acceptors (Lipinski definition) is 1. The quantitative estimate of drug-likeness (QED) is 0.254. The monoisotopic (exact) mass is 431 g/mol. The molecule has 166 valence electrons. The van der Waals surface area contributed by atoms with Crippen molar-refractivity contribution in [2.75, 3.05) is 7.05 Å². The molecule has 0 saturated heterocycles. The Morgan fingerprint density at radius 1 is 0.697 bits per heavy atom. The van der Waals surface area contributed by atoms with Crippen LogP contribution in [0.25, 0.3) is 22.3 Å². The number of benzene rings is 4. The van der Waals surface area contributed by atoms with Crippen molar-refractivity contribution in [2.45, 2.75) is 39.8 Å². The zero-order chi connectivity index (χ0) is 22.8. The van der Waals surface area contributed by atoms with Crippen LogP contribution in [0.3, 0.4) is 0 Å². The molecule has 0 atom stereocenters. The Balaban J connectivity index is 1.37. The number of hydrogen-bond donors (Lipinski definition) is 0. The highest BCUT2D eigenvalue weighted by atomic mass is 15.1. The fourth-order valence-electron chi connectivity index (χ4n) is 5.30. The molecule has 1 aliphatic rings. The molecular formula is C32H33N. The van der Waals surface area contributed by atoms with Crippen molar-refractivity contribution < 1.29 is 0 Å². The van der Waals surface area contributed by atoms with E-state index in [1.165, 1.54) is 50.1 Å². The van der Waals surface area contributed by atoms with E-state index < -0.39 is 0 Å². The first-order chi connectivity index (χ1) is 16.1. The summed E-state index contributed by atoms with van der Waals surface area (Å²) in [7, 11) is 2.24. The van der Waals surface area contributed by atoms with Crippen molar-refractivity contribution in [1.82, 2.24) is 4.90 Å². The molecular weight excluding hydrogens is 398 g/mol. The van der Waals surface area contributed by atoms with Gasteiger partial charge in [0, 0.05) is 13.1 Å². The maximum Gasteiger partial charge on any atom is 0.0234 e. The van der Waals surface area contributed by atoms with E-state index in [4.69, 9.17) is 0 Å². The maximum absolute atomic E-state index is 2.47. The predicted molar refractivity (Wildman–Crippen MR) is 140 cm³/mol. The van der Waals surface area contributed by atoms with Crippen LogP contribution in [0.1, 0.15) is 41.7 Å². The van der Waals surface area contributed by atoms with E-state index in [9.17, 15) is 0 Å². The molecule has 1 nitrogen and oxygen atoms in total. The molecule has 0 saturated carbocycles. The van der Waals surface area contributed by atoms with Gasteiger partial charge in [-0.3, -0.25) is 4.90 Å². The fraction of sp³-hybridized carbons (Fsp3) is 0.250. The zero-order valence-corrected chi connectivity index (χ0v) is 20.0. The van der Waals surface area contributed by atoms with Crippen molar-refractivity contribution in [3.63, 3.8) is 0 Å². The smallest absolute Gasteiger partial charge is 0.0234 e. The average molecular weight is 432 g/mol. The molecule has 0 unspecified atom stereocenters. The summed E-state index contributed by atoms with van der Waals surface area (Å²) >= 11 is 0. The molecule has 0 heterocycles. The summed E-state index contributed by atoms with van der Waals surface area (Å²) in [6.07, 6.45) is 2.20. The van der Waals surface area contributed by atoms with E-state index in [1.807, 2.05) is 0 Å². The van der Waals surface area contributed by atoms with Crippen LogP contribution >= 0.6 is 0 Å². The van der Waals surface area contributed by atoms with Gasteiger partial charge < -0.3 is 0 Å². The van der Waals surface area contributed by atoms with E-state index in [0.717, 1.165) is 25.9 Å². The number of rotatable bonds is 7. The summed E-state index contributed by atoms with van der Waals surface area (Å²) in [5.41, 5.74) is 12.8. The first kappa shape index (κ1) is 21.7.